The summed E-state index contributed by atoms with van der Waals surface area (Å²) in [7, 11) is 0. The molecule has 0 aliphatic carbocycles. The summed E-state index contributed by atoms with van der Waals surface area (Å²) in [6.45, 7) is 6.34. The largest absolute Gasteiger partial charge is 0.462 e. The van der Waals surface area contributed by atoms with E-state index in [2.05, 4.69) is 106 Å². The lowest BCUT2D eigenvalue weighted by molar-refractivity contribution is -0.167. The molecule has 0 spiro atoms. The van der Waals surface area contributed by atoms with Gasteiger partial charge in [-0.3, -0.25) is 14.4 Å². The van der Waals surface area contributed by atoms with Crippen molar-refractivity contribution in [3.05, 3.63) is 85.1 Å². The lowest BCUT2D eigenvalue weighted by Gasteiger charge is -2.18. The Morgan fingerprint density at radius 2 is 0.710 bits per heavy atom. The van der Waals surface area contributed by atoms with Crippen molar-refractivity contribution < 1.29 is 28.6 Å². The predicted molar refractivity (Wildman–Crippen MR) is 265 cm³/mol. The number of carbonyl (C=O) groups excluding carboxylic acids is 3. The lowest BCUT2D eigenvalue weighted by Crippen LogP contribution is -2.30. The quantitative estimate of drug-likeness (QED) is 0.0199. The van der Waals surface area contributed by atoms with E-state index < -0.39 is 6.10 Å². The van der Waals surface area contributed by atoms with Crippen LogP contribution in [-0.4, -0.2) is 37.2 Å². The van der Waals surface area contributed by atoms with Crippen LogP contribution < -0.4 is 0 Å². The Kier molecular flexibility index (Phi) is 47.5. The predicted octanol–water partition coefficient (Wildman–Crippen LogP) is 16.8. The maximum absolute atomic E-state index is 12.8. The number of ether oxygens (including phenoxy) is 3. The van der Waals surface area contributed by atoms with Crippen LogP contribution in [-0.2, 0) is 28.6 Å². The average Bonchev–Trinajstić information content (AvgIpc) is 3.27. The van der Waals surface area contributed by atoms with Crippen molar-refractivity contribution in [3.8, 4) is 0 Å². The molecule has 0 rings (SSSR count). The molecule has 0 radical (unpaired) electrons. The summed E-state index contributed by atoms with van der Waals surface area (Å²) in [4.78, 5) is 37.9. The molecule has 0 aliphatic rings. The third kappa shape index (κ3) is 47.6. The second kappa shape index (κ2) is 50.2. The highest BCUT2D eigenvalue weighted by Crippen LogP contribution is 2.14. The maximum atomic E-state index is 12.8. The zero-order chi connectivity index (χ0) is 45.1. The van der Waals surface area contributed by atoms with Crippen molar-refractivity contribution in [2.45, 2.75) is 239 Å². The summed E-state index contributed by atoms with van der Waals surface area (Å²) in [5.74, 6) is -0.955. The smallest absolute Gasteiger partial charge is 0.306 e. The molecule has 0 fully saturated rings. The highest BCUT2D eigenvalue weighted by molar-refractivity contribution is 5.71. The van der Waals surface area contributed by atoms with Crippen molar-refractivity contribution in [3.63, 3.8) is 0 Å². The van der Waals surface area contributed by atoms with E-state index in [0.717, 1.165) is 96.3 Å². The lowest BCUT2D eigenvalue weighted by atomic mass is 10.1. The minimum absolute atomic E-state index is 0.0965. The van der Waals surface area contributed by atoms with Gasteiger partial charge in [0.25, 0.3) is 0 Å². The Labute approximate surface area is 382 Å². The molecule has 0 amide bonds. The normalized spacial score (nSPS) is 12.8. The number of hydrogen-bond acceptors (Lipinski definition) is 6. The standard InChI is InChI=1S/C56H94O6/c1-4-7-10-13-16-19-22-25-27-28-30-31-34-37-40-43-46-49-55(58)61-52-53(51-60-54(57)48-45-42-39-36-33-24-21-18-15-12-9-6-3)62-56(59)50-47-44-41-38-35-32-29-26-23-20-17-14-11-8-5-2/h8-9,11-12,14,17-18,20-21,23,25,27,33,36,53H,4-7,10,13,15-16,19,22,24,26,28-32,34-35,37-52H2,1-3H3/b11-8-,12-9-,17-14-,21-18-,23-20-,27-25-,36-33-. The third-order valence-corrected chi connectivity index (χ3v) is 10.7. The molecular formula is C56H94O6. The van der Waals surface area contributed by atoms with Gasteiger partial charge in [0, 0.05) is 19.3 Å². The van der Waals surface area contributed by atoms with E-state index in [1.54, 1.807) is 0 Å². The van der Waals surface area contributed by atoms with Crippen LogP contribution in [0.1, 0.15) is 233 Å². The van der Waals surface area contributed by atoms with Crippen molar-refractivity contribution >= 4 is 17.9 Å². The highest BCUT2D eigenvalue weighted by atomic mass is 16.6. The molecule has 0 heterocycles. The molecule has 0 N–H and O–H groups in total. The number of hydrogen-bond donors (Lipinski definition) is 0. The van der Waals surface area contributed by atoms with Crippen LogP contribution in [0.2, 0.25) is 0 Å². The van der Waals surface area contributed by atoms with E-state index in [9.17, 15) is 14.4 Å². The molecule has 0 aliphatic heterocycles. The molecule has 1 unspecified atom stereocenters. The van der Waals surface area contributed by atoms with E-state index in [0.29, 0.717) is 19.3 Å². The minimum atomic E-state index is -0.799. The first kappa shape index (κ1) is 58.6. The Balaban J connectivity index is 4.43. The van der Waals surface area contributed by atoms with Crippen LogP contribution in [0.5, 0.6) is 0 Å². The van der Waals surface area contributed by atoms with Crippen molar-refractivity contribution in [2.24, 2.45) is 0 Å². The van der Waals surface area contributed by atoms with E-state index in [1.807, 2.05) is 0 Å². The molecule has 0 aromatic rings. The molecular weight excluding hydrogens is 769 g/mol. The van der Waals surface area contributed by atoms with Gasteiger partial charge in [0.2, 0.25) is 0 Å². The number of carbonyl (C=O) groups is 3. The monoisotopic (exact) mass is 863 g/mol. The fourth-order valence-electron chi connectivity index (χ4n) is 6.86. The molecule has 0 aromatic heterocycles. The van der Waals surface area contributed by atoms with E-state index in [-0.39, 0.29) is 31.1 Å². The Morgan fingerprint density at radius 3 is 1.21 bits per heavy atom. The zero-order valence-corrected chi connectivity index (χ0v) is 40.4. The summed E-state index contributed by atoms with van der Waals surface area (Å²) in [5, 5.41) is 0. The van der Waals surface area contributed by atoms with Gasteiger partial charge in [-0.1, -0.05) is 202 Å². The minimum Gasteiger partial charge on any atom is -0.462 e. The molecule has 354 valence electrons. The van der Waals surface area contributed by atoms with Crippen LogP contribution >= 0.6 is 0 Å². The van der Waals surface area contributed by atoms with Crippen LogP contribution in [0.15, 0.2) is 85.1 Å². The molecule has 62 heavy (non-hydrogen) atoms. The molecule has 0 aromatic carbocycles. The SMILES string of the molecule is CC\C=C/C=C\C=C/CCCCCCCCCC(=O)OC(COC(=O)CCCC/C=C\C/C=C\C/C=C\CC)COC(=O)CCCCCCCCC/C=C\CCCCCCCC. The zero-order valence-electron chi connectivity index (χ0n) is 40.4. The van der Waals surface area contributed by atoms with Gasteiger partial charge in [0.15, 0.2) is 6.10 Å². The molecule has 6 heteroatoms. The van der Waals surface area contributed by atoms with Gasteiger partial charge in [0.05, 0.1) is 0 Å². The van der Waals surface area contributed by atoms with Crippen LogP contribution in [0.3, 0.4) is 0 Å². The van der Waals surface area contributed by atoms with Gasteiger partial charge < -0.3 is 14.2 Å². The van der Waals surface area contributed by atoms with Crippen LogP contribution in [0.4, 0.5) is 0 Å². The number of unbranched alkanes of at least 4 members (excludes halogenated alkanes) is 22. The van der Waals surface area contributed by atoms with Crippen molar-refractivity contribution in [1.82, 2.24) is 0 Å². The van der Waals surface area contributed by atoms with Gasteiger partial charge in [-0.2, -0.15) is 0 Å². The fraction of sp³-hybridized carbons (Fsp3) is 0.696. The Morgan fingerprint density at radius 1 is 0.355 bits per heavy atom. The molecule has 0 saturated heterocycles. The van der Waals surface area contributed by atoms with Crippen LogP contribution in [0.25, 0.3) is 0 Å². The Bertz CT molecular complexity index is 1220. The third-order valence-electron chi connectivity index (χ3n) is 10.7. The highest BCUT2D eigenvalue weighted by Gasteiger charge is 2.19. The summed E-state index contributed by atoms with van der Waals surface area (Å²) in [6, 6.07) is 0. The average molecular weight is 863 g/mol. The molecule has 1 atom stereocenters. The van der Waals surface area contributed by atoms with Crippen molar-refractivity contribution in [1.29, 1.82) is 0 Å². The molecule has 0 saturated carbocycles. The summed E-state index contributed by atoms with van der Waals surface area (Å²) in [6.07, 6.45) is 64.3. The molecule has 6 nitrogen and oxygen atoms in total. The van der Waals surface area contributed by atoms with Crippen molar-refractivity contribution in [2.75, 3.05) is 13.2 Å². The second-order valence-corrected chi connectivity index (χ2v) is 16.7. The van der Waals surface area contributed by atoms with Gasteiger partial charge in [0.1, 0.15) is 13.2 Å². The first-order valence-corrected chi connectivity index (χ1v) is 25.6. The first-order chi connectivity index (χ1) is 30.5. The number of allylic oxidation sites excluding steroid dienone is 14. The van der Waals surface area contributed by atoms with E-state index in [1.165, 1.54) is 96.3 Å². The van der Waals surface area contributed by atoms with Gasteiger partial charge >= 0.3 is 17.9 Å². The Hall–Kier alpha value is -3.41. The summed E-state index contributed by atoms with van der Waals surface area (Å²) >= 11 is 0. The first-order valence-electron chi connectivity index (χ1n) is 25.6. The number of rotatable bonds is 45. The van der Waals surface area contributed by atoms with Gasteiger partial charge in [-0.15, -0.1) is 0 Å². The molecule has 0 bridgehead atoms. The maximum Gasteiger partial charge on any atom is 0.306 e. The fourth-order valence-corrected chi connectivity index (χ4v) is 6.86. The van der Waals surface area contributed by atoms with Crippen LogP contribution in [0, 0.1) is 0 Å². The second-order valence-electron chi connectivity index (χ2n) is 16.7. The summed E-state index contributed by atoms with van der Waals surface area (Å²) in [5.41, 5.74) is 0. The van der Waals surface area contributed by atoms with Gasteiger partial charge in [-0.05, 0) is 96.3 Å². The van der Waals surface area contributed by atoms with E-state index in [4.69, 9.17) is 14.2 Å². The van der Waals surface area contributed by atoms with E-state index >= 15 is 0 Å². The topological polar surface area (TPSA) is 78.9 Å². The number of esters is 3. The summed E-state index contributed by atoms with van der Waals surface area (Å²) < 4.78 is 16.7. The van der Waals surface area contributed by atoms with Gasteiger partial charge in [-0.25, -0.2) is 0 Å².